The maximum atomic E-state index is 6.01. The smallest absolute Gasteiger partial charge is 0.0666 e. The van der Waals surface area contributed by atoms with Crippen molar-refractivity contribution in [3.63, 3.8) is 0 Å². The molecule has 0 amide bonds. The van der Waals surface area contributed by atoms with E-state index in [0.29, 0.717) is 6.04 Å². The molecule has 0 spiro atoms. The third-order valence-corrected chi connectivity index (χ3v) is 5.06. The summed E-state index contributed by atoms with van der Waals surface area (Å²) >= 11 is 0. The fourth-order valence-electron chi connectivity index (χ4n) is 3.79. The van der Waals surface area contributed by atoms with Crippen LogP contribution in [0.5, 0.6) is 0 Å². The van der Waals surface area contributed by atoms with Gasteiger partial charge in [-0.05, 0) is 38.8 Å². The van der Waals surface area contributed by atoms with Crippen LogP contribution in [-0.4, -0.2) is 57.8 Å². The highest BCUT2D eigenvalue weighted by molar-refractivity contribution is 5.17. The minimum absolute atomic E-state index is 0.432. The van der Waals surface area contributed by atoms with Gasteiger partial charge in [-0.25, -0.2) is 0 Å². The van der Waals surface area contributed by atoms with Crippen LogP contribution >= 0.6 is 0 Å². The van der Waals surface area contributed by atoms with Crippen molar-refractivity contribution in [3.8, 4) is 0 Å². The fraction of sp³-hybridized carbons (Fsp3) is 0.812. The monoisotopic (exact) mass is 291 g/mol. The molecule has 1 aromatic heterocycles. The molecule has 0 aromatic carbocycles. The number of nitrogens with zero attached hydrogens (tertiary/aromatic N) is 4. The Bertz CT molecular complexity index is 461. The molecule has 21 heavy (non-hydrogen) atoms. The van der Waals surface area contributed by atoms with Gasteiger partial charge in [-0.3, -0.25) is 14.5 Å². The molecule has 118 valence electrons. The van der Waals surface area contributed by atoms with Gasteiger partial charge in [0.2, 0.25) is 0 Å². The molecule has 2 N–H and O–H groups in total. The lowest BCUT2D eigenvalue weighted by Crippen LogP contribution is -2.46. The zero-order chi connectivity index (χ0) is 14.8. The van der Waals surface area contributed by atoms with Crippen molar-refractivity contribution in [2.45, 2.75) is 51.2 Å². The van der Waals surface area contributed by atoms with Crippen molar-refractivity contribution >= 4 is 0 Å². The topological polar surface area (TPSA) is 50.3 Å². The number of nitrogens with two attached hydrogens (primary N) is 1. The van der Waals surface area contributed by atoms with Gasteiger partial charge in [0.05, 0.1) is 5.69 Å². The molecular formula is C16H29N5. The molecule has 3 rings (SSSR count). The second kappa shape index (κ2) is 6.46. The lowest BCUT2D eigenvalue weighted by Gasteiger charge is -2.34. The molecule has 0 bridgehead atoms. The van der Waals surface area contributed by atoms with Crippen molar-refractivity contribution in [2.75, 3.05) is 26.2 Å². The van der Waals surface area contributed by atoms with Gasteiger partial charge in [0.1, 0.15) is 0 Å². The Balaban J connectivity index is 1.54. The molecule has 3 heterocycles. The average molecular weight is 291 g/mol. The number of piperidine rings is 1. The maximum absolute atomic E-state index is 6.01. The van der Waals surface area contributed by atoms with Gasteiger partial charge in [-0.1, -0.05) is 6.92 Å². The first-order valence-corrected chi connectivity index (χ1v) is 8.39. The highest BCUT2D eigenvalue weighted by Crippen LogP contribution is 2.22. The van der Waals surface area contributed by atoms with Crippen LogP contribution in [0.25, 0.3) is 0 Å². The summed E-state index contributed by atoms with van der Waals surface area (Å²) in [5.41, 5.74) is 8.67. The summed E-state index contributed by atoms with van der Waals surface area (Å²) in [5.74, 6) is 0. The van der Waals surface area contributed by atoms with Gasteiger partial charge >= 0.3 is 0 Å². The Morgan fingerprint density at radius 1 is 1.24 bits per heavy atom. The van der Waals surface area contributed by atoms with Crippen LogP contribution in [0.15, 0.2) is 6.20 Å². The van der Waals surface area contributed by atoms with Crippen molar-refractivity contribution < 1.29 is 0 Å². The lowest BCUT2D eigenvalue weighted by molar-refractivity contribution is 0.151. The highest BCUT2D eigenvalue weighted by Gasteiger charge is 2.30. The number of likely N-dealkylation sites (tertiary alicyclic amines) is 2. The molecular weight excluding hydrogens is 262 g/mol. The first-order chi connectivity index (χ1) is 10.2. The molecule has 0 saturated carbocycles. The Morgan fingerprint density at radius 2 is 2.00 bits per heavy atom. The second-order valence-electron chi connectivity index (χ2n) is 6.68. The zero-order valence-corrected chi connectivity index (χ0v) is 13.5. The van der Waals surface area contributed by atoms with E-state index in [4.69, 9.17) is 5.73 Å². The highest BCUT2D eigenvalue weighted by atomic mass is 15.3. The zero-order valence-electron chi connectivity index (χ0n) is 13.5. The summed E-state index contributed by atoms with van der Waals surface area (Å²) in [7, 11) is 2.02. The number of aromatic nitrogens is 2. The largest absolute Gasteiger partial charge is 0.328 e. The van der Waals surface area contributed by atoms with E-state index in [0.717, 1.165) is 19.0 Å². The first-order valence-electron chi connectivity index (χ1n) is 8.39. The third-order valence-electron chi connectivity index (χ3n) is 5.06. The van der Waals surface area contributed by atoms with E-state index in [1.165, 1.54) is 56.7 Å². The van der Waals surface area contributed by atoms with Crippen LogP contribution < -0.4 is 5.73 Å². The van der Waals surface area contributed by atoms with Gasteiger partial charge in [0.15, 0.2) is 0 Å². The van der Waals surface area contributed by atoms with Crippen molar-refractivity contribution in [1.82, 2.24) is 19.6 Å². The molecule has 2 saturated heterocycles. The van der Waals surface area contributed by atoms with E-state index in [2.05, 4.69) is 28.0 Å². The number of hydrogen-bond donors (Lipinski definition) is 1. The summed E-state index contributed by atoms with van der Waals surface area (Å²) in [6.07, 6.45) is 6.85. The molecule has 1 aromatic rings. The van der Waals surface area contributed by atoms with Crippen LogP contribution in [0, 0.1) is 0 Å². The predicted molar refractivity (Wildman–Crippen MR) is 85.1 cm³/mol. The molecule has 5 heteroatoms. The minimum atomic E-state index is 0.432. The molecule has 2 aliphatic rings. The average Bonchev–Trinajstić information content (AvgIpc) is 3.07. The van der Waals surface area contributed by atoms with Crippen LogP contribution in [0.4, 0.5) is 0 Å². The van der Waals surface area contributed by atoms with Crippen molar-refractivity contribution in [1.29, 1.82) is 0 Å². The number of rotatable bonds is 4. The fourth-order valence-corrected chi connectivity index (χ4v) is 3.79. The van der Waals surface area contributed by atoms with Crippen molar-refractivity contribution in [2.24, 2.45) is 12.8 Å². The second-order valence-corrected chi connectivity index (χ2v) is 6.68. The Hall–Kier alpha value is -0.910. The molecule has 2 fully saturated rings. The van der Waals surface area contributed by atoms with Gasteiger partial charge in [0, 0.05) is 50.5 Å². The van der Waals surface area contributed by atoms with Crippen LogP contribution in [0.1, 0.15) is 37.4 Å². The van der Waals surface area contributed by atoms with Gasteiger partial charge in [-0.15, -0.1) is 0 Å². The lowest BCUT2D eigenvalue weighted by atomic mass is 10.0. The van der Waals surface area contributed by atoms with Gasteiger partial charge < -0.3 is 5.73 Å². The van der Waals surface area contributed by atoms with Crippen molar-refractivity contribution in [3.05, 3.63) is 17.5 Å². The summed E-state index contributed by atoms with van der Waals surface area (Å²) in [6.45, 7) is 8.04. The first kappa shape index (κ1) is 15.0. The van der Waals surface area contributed by atoms with E-state index < -0.39 is 0 Å². The summed E-state index contributed by atoms with van der Waals surface area (Å²) in [4.78, 5) is 5.25. The SMILES string of the molecule is CCc1nn(C)cc1CN1CCC(N2CCC(N)CC2)C1. The third kappa shape index (κ3) is 3.47. The van der Waals surface area contributed by atoms with E-state index >= 15 is 0 Å². The Kier molecular flexibility index (Phi) is 4.62. The molecule has 5 nitrogen and oxygen atoms in total. The predicted octanol–water partition coefficient (Wildman–Crippen LogP) is 0.980. The molecule has 1 atom stereocenters. The van der Waals surface area contributed by atoms with Crippen LogP contribution in [0.2, 0.25) is 0 Å². The summed E-state index contributed by atoms with van der Waals surface area (Å²) < 4.78 is 1.95. The summed E-state index contributed by atoms with van der Waals surface area (Å²) in [5, 5.41) is 4.55. The quantitative estimate of drug-likeness (QED) is 0.898. The molecule has 0 aliphatic carbocycles. The molecule has 2 aliphatic heterocycles. The Morgan fingerprint density at radius 3 is 2.71 bits per heavy atom. The maximum Gasteiger partial charge on any atom is 0.0666 e. The number of aryl methyl sites for hydroxylation is 2. The normalized spacial score (nSPS) is 25.8. The van der Waals surface area contributed by atoms with Gasteiger partial charge in [0.25, 0.3) is 0 Å². The molecule has 1 unspecified atom stereocenters. The minimum Gasteiger partial charge on any atom is -0.328 e. The van der Waals surface area contributed by atoms with Crippen LogP contribution in [0.3, 0.4) is 0 Å². The molecule has 0 radical (unpaired) electrons. The van der Waals surface area contributed by atoms with Crippen LogP contribution in [-0.2, 0) is 20.0 Å². The van der Waals surface area contributed by atoms with E-state index in [1.54, 1.807) is 0 Å². The standard InChI is InChI=1S/C16H29N5/c1-3-16-13(10-19(2)18-16)11-20-7-6-15(12-20)21-8-4-14(17)5-9-21/h10,14-15H,3-9,11-12,17H2,1-2H3. The van der Waals surface area contributed by atoms with Gasteiger partial charge in [-0.2, -0.15) is 5.10 Å². The number of hydrogen-bond acceptors (Lipinski definition) is 4. The van der Waals surface area contributed by atoms with E-state index in [9.17, 15) is 0 Å². The van der Waals surface area contributed by atoms with E-state index in [1.807, 2.05) is 11.7 Å². The summed E-state index contributed by atoms with van der Waals surface area (Å²) in [6, 6.07) is 1.17. The van der Waals surface area contributed by atoms with E-state index in [-0.39, 0.29) is 0 Å². The Labute approximate surface area is 128 Å².